The number of ether oxygens (including phenoxy) is 1. The fourth-order valence-corrected chi connectivity index (χ4v) is 4.40. The van der Waals surface area contributed by atoms with Crippen molar-refractivity contribution in [2.24, 2.45) is 17.8 Å². The van der Waals surface area contributed by atoms with Crippen molar-refractivity contribution < 1.29 is 13.7 Å². The summed E-state index contributed by atoms with van der Waals surface area (Å²) in [7, 11) is -1.11. The van der Waals surface area contributed by atoms with Crippen molar-refractivity contribution in [3.8, 4) is 0 Å². The lowest BCUT2D eigenvalue weighted by Gasteiger charge is -2.22. The van der Waals surface area contributed by atoms with Crippen LogP contribution >= 0.6 is 21.2 Å². The van der Waals surface area contributed by atoms with Crippen LogP contribution in [0.4, 0.5) is 4.79 Å². The Morgan fingerprint density at radius 1 is 1.45 bits per heavy atom. The third kappa shape index (κ3) is 4.54. The molecule has 1 aliphatic heterocycles. The van der Waals surface area contributed by atoms with E-state index in [0.29, 0.717) is 24.3 Å². The van der Waals surface area contributed by atoms with Crippen LogP contribution in [0.15, 0.2) is 0 Å². The molecule has 6 nitrogen and oxygen atoms in total. The van der Waals surface area contributed by atoms with Crippen LogP contribution in [0.1, 0.15) is 20.8 Å². The normalized spacial score (nSPS) is 31.3. The zero-order valence-electron chi connectivity index (χ0n) is 11.9. The Balaban J connectivity index is 1.82. The molecule has 0 aromatic rings. The van der Waals surface area contributed by atoms with Crippen LogP contribution in [-0.2, 0) is 12.9 Å². The maximum atomic E-state index is 11.7. The molecule has 2 rings (SSSR count). The molecule has 1 saturated heterocycles. The molecule has 0 bridgehead atoms. The van der Waals surface area contributed by atoms with Gasteiger partial charge in [0.15, 0.2) is 8.16 Å². The van der Waals surface area contributed by atoms with E-state index in [1.807, 2.05) is 42.0 Å². The SMILES string of the molecule is CC(C)(C)OC(=O)NCC(NS(=O)I)C1C2CNCC21. The van der Waals surface area contributed by atoms with Crippen LogP contribution in [-0.4, -0.2) is 41.6 Å². The molecular formula is C12H22IN3O3S. The Labute approximate surface area is 134 Å². The first-order valence-electron chi connectivity index (χ1n) is 6.79. The molecule has 0 aromatic heterocycles. The summed E-state index contributed by atoms with van der Waals surface area (Å²) >= 11 is 1.84. The topological polar surface area (TPSA) is 79.5 Å². The first-order chi connectivity index (χ1) is 9.28. The van der Waals surface area contributed by atoms with Crippen LogP contribution in [0.25, 0.3) is 0 Å². The molecule has 3 N–H and O–H groups in total. The molecule has 4 atom stereocenters. The molecule has 8 heteroatoms. The average molecular weight is 415 g/mol. The summed E-state index contributed by atoms with van der Waals surface area (Å²) in [4.78, 5) is 11.7. The molecule has 0 aromatic carbocycles. The molecule has 1 saturated carbocycles. The van der Waals surface area contributed by atoms with Gasteiger partial charge in [0.25, 0.3) is 0 Å². The minimum Gasteiger partial charge on any atom is -0.444 e. The Hall–Kier alpha value is 0.0700. The molecule has 4 unspecified atom stereocenters. The Bertz CT molecular complexity index is 392. The second-order valence-electron chi connectivity index (χ2n) is 6.39. The zero-order valence-corrected chi connectivity index (χ0v) is 14.9. The van der Waals surface area contributed by atoms with E-state index in [4.69, 9.17) is 4.74 Å². The van der Waals surface area contributed by atoms with Gasteiger partial charge in [-0.15, -0.1) is 0 Å². The van der Waals surface area contributed by atoms with Crippen molar-refractivity contribution in [1.82, 2.24) is 15.4 Å². The minimum atomic E-state index is -1.11. The van der Waals surface area contributed by atoms with Gasteiger partial charge in [-0.3, -0.25) is 0 Å². The molecule has 2 fully saturated rings. The molecule has 116 valence electrons. The van der Waals surface area contributed by atoms with Crippen LogP contribution in [0.3, 0.4) is 0 Å². The zero-order chi connectivity index (χ0) is 14.9. The lowest BCUT2D eigenvalue weighted by molar-refractivity contribution is 0.0522. The van der Waals surface area contributed by atoms with Crippen molar-refractivity contribution in [3.05, 3.63) is 0 Å². The van der Waals surface area contributed by atoms with Crippen molar-refractivity contribution in [2.75, 3.05) is 19.6 Å². The summed E-state index contributed by atoms with van der Waals surface area (Å²) in [5, 5.41) is 6.11. The standard InChI is InChI=1S/C12H22IN3O3S/c1-12(2,3)19-11(17)15-6-9(16-20(13)18)10-7-4-14-5-8(7)10/h7-10,14,16H,4-6H2,1-3H3,(H,15,17). The number of carbonyl (C=O) groups excluding carboxylic acids is 1. The number of rotatable bonds is 5. The lowest BCUT2D eigenvalue weighted by atomic mass is 10.1. The average Bonchev–Trinajstić information content (AvgIpc) is 2.76. The van der Waals surface area contributed by atoms with Gasteiger partial charge in [0, 0.05) is 12.6 Å². The predicted octanol–water partition coefficient (Wildman–Crippen LogP) is 0.948. The van der Waals surface area contributed by atoms with E-state index in [1.54, 1.807) is 0 Å². The number of hydrogen-bond acceptors (Lipinski definition) is 4. The lowest BCUT2D eigenvalue weighted by Crippen LogP contribution is -2.45. The van der Waals surface area contributed by atoms with E-state index >= 15 is 0 Å². The fraction of sp³-hybridized carbons (Fsp3) is 0.917. The van der Waals surface area contributed by atoms with E-state index in [9.17, 15) is 9.00 Å². The van der Waals surface area contributed by atoms with Gasteiger partial charge in [0.1, 0.15) is 5.60 Å². The Morgan fingerprint density at radius 3 is 2.55 bits per heavy atom. The van der Waals surface area contributed by atoms with Gasteiger partial charge in [0.05, 0.1) is 21.2 Å². The minimum absolute atomic E-state index is 0.0392. The summed E-state index contributed by atoms with van der Waals surface area (Å²) in [6.07, 6.45) is -0.424. The second-order valence-corrected chi connectivity index (χ2v) is 9.48. The van der Waals surface area contributed by atoms with Crippen LogP contribution in [0.2, 0.25) is 0 Å². The molecule has 0 radical (unpaired) electrons. The first kappa shape index (κ1) is 16.4. The molecular weight excluding hydrogens is 393 g/mol. The number of hydrogen-bond donors (Lipinski definition) is 3. The Kier molecular flexibility index (Phi) is 5.30. The van der Waals surface area contributed by atoms with Crippen LogP contribution in [0, 0.1) is 17.8 Å². The maximum Gasteiger partial charge on any atom is 0.407 e. The molecule has 1 heterocycles. The quantitative estimate of drug-likeness (QED) is 0.462. The van der Waals surface area contributed by atoms with Crippen molar-refractivity contribution in [1.29, 1.82) is 0 Å². The maximum absolute atomic E-state index is 11.7. The number of halogens is 1. The summed E-state index contributed by atoms with van der Waals surface area (Å²) < 4.78 is 19.7. The van der Waals surface area contributed by atoms with E-state index in [-0.39, 0.29) is 6.04 Å². The number of carbonyl (C=O) groups is 1. The summed E-state index contributed by atoms with van der Waals surface area (Å²) in [5.74, 6) is 1.78. The first-order valence-corrected chi connectivity index (χ1v) is 10.5. The molecule has 1 amide bonds. The van der Waals surface area contributed by atoms with Gasteiger partial charge in [-0.05, 0) is 51.6 Å². The van der Waals surface area contributed by atoms with Crippen molar-refractivity contribution in [2.45, 2.75) is 32.4 Å². The van der Waals surface area contributed by atoms with Gasteiger partial charge in [-0.25, -0.2) is 13.7 Å². The number of fused-ring (bicyclic) bond motifs is 1. The summed E-state index contributed by atoms with van der Waals surface area (Å²) in [6.45, 7) is 7.99. The molecule has 2 aliphatic rings. The summed E-state index contributed by atoms with van der Waals surface area (Å²) in [6, 6.07) is 0.0392. The number of piperidine rings is 1. The number of nitrogens with one attached hydrogen (secondary N) is 3. The highest BCUT2D eigenvalue weighted by Gasteiger charge is 2.56. The van der Waals surface area contributed by atoms with Gasteiger partial charge in [-0.1, -0.05) is 0 Å². The van der Waals surface area contributed by atoms with Crippen molar-refractivity contribution in [3.63, 3.8) is 0 Å². The third-order valence-electron chi connectivity index (χ3n) is 3.73. The van der Waals surface area contributed by atoms with Crippen LogP contribution in [0.5, 0.6) is 0 Å². The van der Waals surface area contributed by atoms with Gasteiger partial charge >= 0.3 is 6.09 Å². The highest BCUT2D eigenvalue weighted by molar-refractivity contribution is 14.2. The van der Waals surface area contributed by atoms with Crippen molar-refractivity contribution >= 4 is 35.5 Å². The second kappa shape index (κ2) is 6.45. The predicted molar refractivity (Wildman–Crippen MR) is 86.7 cm³/mol. The Morgan fingerprint density at radius 2 is 2.05 bits per heavy atom. The fourth-order valence-electron chi connectivity index (χ4n) is 2.95. The van der Waals surface area contributed by atoms with Gasteiger partial charge in [-0.2, -0.15) is 0 Å². The van der Waals surface area contributed by atoms with E-state index in [2.05, 4.69) is 15.4 Å². The monoisotopic (exact) mass is 415 g/mol. The molecule has 20 heavy (non-hydrogen) atoms. The molecule has 0 spiro atoms. The van der Waals surface area contributed by atoms with E-state index in [1.165, 1.54) is 0 Å². The third-order valence-corrected chi connectivity index (χ3v) is 4.98. The molecule has 1 aliphatic carbocycles. The highest BCUT2D eigenvalue weighted by Crippen LogP contribution is 2.50. The highest BCUT2D eigenvalue weighted by atomic mass is 127. The van der Waals surface area contributed by atoms with E-state index < -0.39 is 19.9 Å². The largest absolute Gasteiger partial charge is 0.444 e. The number of alkyl carbamates (subject to hydrolysis) is 1. The van der Waals surface area contributed by atoms with Crippen LogP contribution < -0.4 is 15.4 Å². The van der Waals surface area contributed by atoms with E-state index in [0.717, 1.165) is 13.1 Å². The number of amides is 1. The smallest absolute Gasteiger partial charge is 0.407 e. The summed E-state index contributed by atoms with van der Waals surface area (Å²) in [5.41, 5.74) is -0.501. The van der Waals surface area contributed by atoms with Gasteiger partial charge < -0.3 is 15.4 Å². The van der Waals surface area contributed by atoms with Gasteiger partial charge in [0.2, 0.25) is 0 Å².